The standard InChI is InChI=1S/C17H19ClN4O2/c1-10-4-2-3-5-14(24)20-13-8-11(19-9-23)6-7-12(13)15-16(18)22-17(10)21-15/h6-10H,2-5H2,1H3,(H,19,23)(H,20,24)(H,21,22). The van der Waals surface area contributed by atoms with Crippen LogP contribution < -0.4 is 10.6 Å². The summed E-state index contributed by atoms with van der Waals surface area (Å²) in [6, 6.07) is 5.25. The second kappa shape index (κ2) is 7.05. The maximum absolute atomic E-state index is 12.2. The number of hydrogen-bond donors (Lipinski definition) is 3. The molecule has 0 radical (unpaired) electrons. The van der Waals surface area contributed by atoms with E-state index in [0.29, 0.717) is 35.1 Å². The molecule has 1 atom stereocenters. The lowest BCUT2D eigenvalue weighted by Crippen LogP contribution is -2.13. The van der Waals surface area contributed by atoms with Crippen molar-refractivity contribution in [2.75, 3.05) is 10.6 Å². The van der Waals surface area contributed by atoms with Crippen LogP contribution in [0.2, 0.25) is 5.15 Å². The van der Waals surface area contributed by atoms with Gasteiger partial charge in [0.15, 0.2) is 0 Å². The molecule has 7 heteroatoms. The molecule has 2 bridgehead atoms. The lowest BCUT2D eigenvalue weighted by atomic mass is 10.0. The maximum atomic E-state index is 12.2. The van der Waals surface area contributed by atoms with Crippen LogP contribution in [-0.2, 0) is 9.59 Å². The van der Waals surface area contributed by atoms with Gasteiger partial charge in [0.25, 0.3) is 0 Å². The lowest BCUT2D eigenvalue weighted by Gasteiger charge is -2.13. The predicted molar refractivity (Wildman–Crippen MR) is 94.2 cm³/mol. The van der Waals surface area contributed by atoms with Crippen molar-refractivity contribution < 1.29 is 9.59 Å². The highest BCUT2D eigenvalue weighted by Crippen LogP contribution is 2.36. The van der Waals surface area contributed by atoms with Crippen molar-refractivity contribution in [1.29, 1.82) is 0 Å². The summed E-state index contributed by atoms with van der Waals surface area (Å²) >= 11 is 6.35. The lowest BCUT2D eigenvalue weighted by molar-refractivity contribution is -0.116. The quantitative estimate of drug-likeness (QED) is 0.720. The van der Waals surface area contributed by atoms with Gasteiger partial charge in [0, 0.05) is 23.6 Å². The van der Waals surface area contributed by atoms with Gasteiger partial charge in [0.1, 0.15) is 16.7 Å². The first-order valence-corrected chi connectivity index (χ1v) is 8.36. The molecule has 6 nitrogen and oxygen atoms in total. The van der Waals surface area contributed by atoms with Gasteiger partial charge in [0.05, 0.1) is 5.69 Å². The van der Waals surface area contributed by atoms with Crippen LogP contribution in [0.4, 0.5) is 11.4 Å². The Morgan fingerprint density at radius 3 is 3.00 bits per heavy atom. The Labute approximate surface area is 145 Å². The number of halogens is 1. The van der Waals surface area contributed by atoms with E-state index >= 15 is 0 Å². The van der Waals surface area contributed by atoms with E-state index in [1.165, 1.54) is 0 Å². The summed E-state index contributed by atoms with van der Waals surface area (Å²) in [4.78, 5) is 30.6. The highest BCUT2D eigenvalue weighted by molar-refractivity contribution is 6.32. The fourth-order valence-electron chi connectivity index (χ4n) is 2.88. The number of hydrogen-bond acceptors (Lipinski definition) is 3. The zero-order chi connectivity index (χ0) is 17.1. The Morgan fingerprint density at radius 2 is 2.21 bits per heavy atom. The van der Waals surface area contributed by atoms with Crippen LogP contribution in [0, 0.1) is 0 Å². The summed E-state index contributed by atoms with van der Waals surface area (Å²) in [7, 11) is 0. The number of anilines is 2. The monoisotopic (exact) mass is 346 g/mol. The molecule has 1 aliphatic heterocycles. The molecule has 1 aliphatic rings. The third kappa shape index (κ3) is 3.43. The third-order valence-corrected chi connectivity index (χ3v) is 4.48. The van der Waals surface area contributed by atoms with E-state index in [2.05, 4.69) is 27.5 Å². The number of imidazole rings is 1. The smallest absolute Gasteiger partial charge is 0.224 e. The van der Waals surface area contributed by atoms with Gasteiger partial charge >= 0.3 is 0 Å². The second-order valence-corrected chi connectivity index (χ2v) is 6.38. The van der Waals surface area contributed by atoms with Crippen molar-refractivity contribution in [3.05, 3.63) is 29.2 Å². The number of aromatic nitrogens is 2. The van der Waals surface area contributed by atoms with Crippen LogP contribution in [0.15, 0.2) is 18.2 Å². The number of nitrogens with one attached hydrogen (secondary N) is 3. The summed E-state index contributed by atoms with van der Waals surface area (Å²) in [5.41, 5.74) is 2.50. The largest absolute Gasteiger partial charge is 0.332 e. The number of fused-ring (bicyclic) bond motifs is 4. The van der Waals surface area contributed by atoms with E-state index in [9.17, 15) is 9.59 Å². The molecule has 0 aliphatic carbocycles. The minimum Gasteiger partial charge on any atom is -0.332 e. The van der Waals surface area contributed by atoms with Crippen molar-refractivity contribution in [3.63, 3.8) is 0 Å². The Balaban J connectivity index is 2.11. The van der Waals surface area contributed by atoms with Crippen molar-refractivity contribution >= 4 is 35.3 Å². The van der Waals surface area contributed by atoms with E-state index in [1.807, 2.05) is 0 Å². The van der Waals surface area contributed by atoms with Gasteiger partial charge in [-0.3, -0.25) is 9.59 Å². The first-order valence-electron chi connectivity index (χ1n) is 7.98. The number of carbonyl (C=O) groups is 2. The molecule has 1 unspecified atom stereocenters. The normalized spacial score (nSPS) is 17.9. The number of carbonyl (C=O) groups excluding carboxylic acids is 2. The highest BCUT2D eigenvalue weighted by Gasteiger charge is 2.20. The Bertz CT molecular complexity index is 772. The van der Waals surface area contributed by atoms with Gasteiger partial charge in [-0.15, -0.1) is 0 Å². The first-order chi connectivity index (χ1) is 11.6. The average molecular weight is 347 g/mol. The summed E-state index contributed by atoms with van der Waals surface area (Å²) in [6.45, 7) is 2.10. The molecule has 0 saturated heterocycles. The summed E-state index contributed by atoms with van der Waals surface area (Å²) in [5.74, 6) is 1.04. The number of benzene rings is 1. The second-order valence-electron chi connectivity index (χ2n) is 6.00. The van der Waals surface area contributed by atoms with Gasteiger partial charge in [-0.25, -0.2) is 4.98 Å². The van der Waals surface area contributed by atoms with Crippen molar-refractivity contribution in [1.82, 2.24) is 9.97 Å². The number of amides is 2. The molecule has 0 fully saturated rings. The Morgan fingerprint density at radius 1 is 1.38 bits per heavy atom. The molecule has 3 rings (SSSR count). The molecule has 2 amide bonds. The number of H-pyrrole nitrogens is 1. The number of nitrogens with zero attached hydrogens (tertiary/aromatic N) is 1. The summed E-state index contributed by atoms with van der Waals surface area (Å²) in [5, 5.41) is 5.94. The highest BCUT2D eigenvalue weighted by atomic mass is 35.5. The molecule has 24 heavy (non-hydrogen) atoms. The van der Waals surface area contributed by atoms with Gasteiger partial charge in [-0.05, 0) is 31.0 Å². The molecule has 2 heterocycles. The number of rotatable bonds is 2. The molecular formula is C17H19ClN4O2. The van der Waals surface area contributed by atoms with Crippen LogP contribution in [0.25, 0.3) is 11.3 Å². The van der Waals surface area contributed by atoms with Gasteiger partial charge in [0.2, 0.25) is 12.3 Å². The maximum Gasteiger partial charge on any atom is 0.224 e. The Hall–Kier alpha value is -2.34. The molecule has 2 aromatic rings. The van der Waals surface area contributed by atoms with Crippen molar-refractivity contribution in [3.8, 4) is 11.3 Å². The van der Waals surface area contributed by atoms with Gasteiger partial charge in [-0.1, -0.05) is 24.9 Å². The molecule has 0 saturated carbocycles. The van der Waals surface area contributed by atoms with E-state index in [1.54, 1.807) is 18.2 Å². The molecule has 126 valence electrons. The molecule has 1 aromatic carbocycles. The van der Waals surface area contributed by atoms with Crippen LogP contribution in [0.3, 0.4) is 0 Å². The van der Waals surface area contributed by atoms with Gasteiger partial charge in [-0.2, -0.15) is 0 Å². The van der Waals surface area contributed by atoms with E-state index in [-0.39, 0.29) is 11.8 Å². The van der Waals surface area contributed by atoms with E-state index in [4.69, 9.17) is 11.6 Å². The third-order valence-electron chi connectivity index (χ3n) is 4.21. The van der Waals surface area contributed by atoms with Crippen LogP contribution in [0.5, 0.6) is 0 Å². The van der Waals surface area contributed by atoms with E-state index in [0.717, 1.165) is 30.7 Å². The Kier molecular flexibility index (Phi) is 4.85. The minimum atomic E-state index is -0.0559. The van der Waals surface area contributed by atoms with Crippen LogP contribution >= 0.6 is 11.6 Å². The van der Waals surface area contributed by atoms with E-state index < -0.39 is 0 Å². The van der Waals surface area contributed by atoms with Crippen LogP contribution in [-0.4, -0.2) is 22.3 Å². The zero-order valence-electron chi connectivity index (χ0n) is 13.4. The fraction of sp³-hybridized carbons (Fsp3) is 0.353. The number of aromatic amines is 1. The fourth-order valence-corrected chi connectivity index (χ4v) is 3.12. The summed E-state index contributed by atoms with van der Waals surface area (Å²) < 4.78 is 0. The van der Waals surface area contributed by atoms with Crippen molar-refractivity contribution in [2.24, 2.45) is 0 Å². The average Bonchev–Trinajstić information content (AvgIpc) is 2.93. The molecule has 0 spiro atoms. The minimum absolute atomic E-state index is 0.0559. The van der Waals surface area contributed by atoms with Crippen LogP contribution in [0.1, 0.15) is 44.3 Å². The SMILES string of the molecule is CC1CCCCC(=O)Nc2cc(NC=O)ccc2-c2nc1[nH]c2Cl. The summed E-state index contributed by atoms with van der Waals surface area (Å²) in [6.07, 6.45) is 3.77. The molecule has 1 aromatic heterocycles. The molecular weight excluding hydrogens is 328 g/mol. The molecule has 3 N–H and O–H groups in total. The van der Waals surface area contributed by atoms with Crippen molar-refractivity contribution in [2.45, 2.75) is 38.5 Å². The first kappa shape index (κ1) is 16.5. The topological polar surface area (TPSA) is 86.9 Å². The van der Waals surface area contributed by atoms with Gasteiger partial charge < -0.3 is 15.6 Å². The zero-order valence-corrected chi connectivity index (χ0v) is 14.1. The predicted octanol–water partition coefficient (Wildman–Crippen LogP) is 3.91.